The highest BCUT2D eigenvalue weighted by atomic mass is 35.5. The van der Waals surface area contributed by atoms with Gasteiger partial charge in [-0.15, -0.1) is 12.4 Å². The monoisotopic (exact) mass is 331 g/mol. The Labute approximate surface area is 132 Å². The van der Waals surface area contributed by atoms with Crippen LogP contribution in [0.15, 0.2) is 48.5 Å². The summed E-state index contributed by atoms with van der Waals surface area (Å²) < 4.78 is 0. The summed E-state index contributed by atoms with van der Waals surface area (Å²) in [5.41, 5.74) is 3.86. The van der Waals surface area contributed by atoms with Gasteiger partial charge in [-0.3, -0.25) is 4.79 Å². The molecule has 1 amide bonds. The van der Waals surface area contributed by atoms with E-state index in [2.05, 4.69) is 0 Å². The number of aliphatic hydroxyl groups is 1. The third kappa shape index (κ3) is 2.76. The molecule has 0 heterocycles. The average Bonchev–Trinajstić information content (AvgIpc) is 2.42. The summed E-state index contributed by atoms with van der Waals surface area (Å²) in [5.74, 6) is -0.914. The number of nitrogens with two attached hydrogens (primary N) is 1. The smallest absolute Gasteiger partial charge is 0.258 e. The average molecular weight is 333 g/mol. The second-order valence-electron chi connectivity index (χ2n) is 4.04. The molecule has 106 valence electrons. The zero-order valence-corrected chi connectivity index (χ0v) is 12.5. The number of amides is 1. The lowest BCUT2D eigenvalue weighted by atomic mass is 9.85. The first kappa shape index (κ1) is 16.8. The molecule has 0 aliphatic carbocycles. The summed E-state index contributed by atoms with van der Waals surface area (Å²) in [6.45, 7) is 0. The number of hydrogen-bond acceptors (Lipinski definition) is 2. The number of halogens is 3. The van der Waals surface area contributed by atoms with Gasteiger partial charge in [0.1, 0.15) is 0 Å². The second-order valence-corrected chi connectivity index (χ2v) is 4.83. The van der Waals surface area contributed by atoms with E-state index in [1.165, 1.54) is 6.07 Å². The van der Waals surface area contributed by atoms with Gasteiger partial charge < -0.3 is 10.8 Å². The molecule has 3 N–H and O–H groups in total. The van der Waals surface area contributed by atoms with E-state index in [1.54, 1.807) is 42.5 Å². The minimum atomic E-state index is -2.01. The van der Waals surface area contributed by atoms with Crippen LogP contribution in [0.1, 0.15) is 11.1 Å². The van der Waals surface area contributed by atoms with Crippen LogP contribution in [-0.4, -0.2) is 11.0 Å². The minimum Gasteiger partial charge on any atom is -0.372 e. The highest BCUT2D eigenvalue weighted by Gasteiger charge is 2.40. The molecule has 0 fully saturated rings. The number of carbonyl (C=O) groups is 1. The molecule has 0 aromatic heterocycles. The van der Waals surface area contributed by atoms with Gasteiger partial charge in [0.15, 0.2) is 5.60 Å². The third-order valence-corrected chi connectivity index (χ3v) is 3.71. The molecule has 1 unspecified atom stereocenters. The van der Waals surface area contributed by atoms with Gasteiger partial charge in [0.2, 0.25) is 0 Å². The topological polar surface area (TPSA) is 63.3 Å². The number of rotatable bonds is 3. The Balaban J connectivity index is 0.00000200. The molecule has 2 rings (SSSR count). The maximum absolute atomic E-state index is 11.8. The minimum absolute atomic E-state index is 0. The van der Waals surface area contributed by atoms with Gasteiger partial charge in [0.05, 0.1) is 10.0 Å². The maximum Gasteiger partial charge on any atom is 0.258 e. The molecule has 0 saturated heterocycles. The lowest BCUT2D eigenvalue weighted by Gasteiger charge is -2.26. The van der Waals surface area contributed by atoms with E-state index in [0.29, 0.717) is 5.56 Å². The Morgan fingerprint density at radius 2 is 1.65 bits per heavy atom. The first-order valence-corrected chi connectivity index (χ1v) is 6.26. The van der Waals surface area contributed by atoms with Crippen LogP contribution in [0.4, 0.5) is 0 Å². The predicted molar refractivity (Wildman–Crippen MR) is 82.3 cm³/mol. The molecule has 3 nitrogen and oxygen atoms in total. The van der Waals surface area contributed by atoms with Gasteiger partial charge in [-0.1, -0.05) is 65.7 Å². The maximum atomic E-state index is 11.8. The molecule has 6 heteroatoms. The van der Waals surface area contributed by atoms with Gasteiger partial charge in [0, 0.05) is 5.56 Å². The molecule has 0 radical (unpaired) electrons. The molecule has 2 aromatic rings. The van der Waals surface area contributed by atoms with Gasteiger partial charge in [0.25, 0.3) is 5.91 Å². The standard InChI is InChI=1S/C14H11Cl2NO2.ClH/c15-11-8-4-7-10(12(11)16)14(19,13(17)18)9-5-2-1-3-6-9;/h1-8,19H,(H2,17,18);1H. The molecular formula is C14H12Cl3NO2. The zero-order valence-electron chi connectivity index (χ0n) is 10.2. The largest absolute Gasteiger partial charge is 0.372 e. The van der Waals surface area contributed by atoms with E-state index in [4.69, 9.17) is 28.9 Å². The normalized spacial score (nSPS) is 13.2. The van der Waals surface area contributed by atoms with E-state index < -0.39 is 11.5 Å². The third-order valence-electron chi connectivity index (χ3n) is 2.89. The summed E-state index contributed by atoms with van der Waals surface area (Å²) in [7, 11) is 0. The van der Waals surface area contributed by atoms with E-state index in [1.807, 2.05) is 0 Å². The number of benzene rings is 2. The Morgan fingerprint density at radius 1 is 1.05 bits per heavy atom. The van der Waals surface area contributed by atoms with Gasteiger partial charge >= 0.3 is 0 Å². The number of hydrogen-bond donors (Lipinski definition) is 2. The van der Waals surface area contributed by atoms with Crippen molar-refractivity contribution >= 4 is 41.5 Å². The molecular weight excluding hydrogens is 321 g/mol. The fourth-order valence-corrected chi connectivity index (χ4v) is 2.33. The van der Waals surface area contributed by atoms with Crippen LogP contribution < -0.4 is 5.73 Å². The molecule has 0 aliphatic rings. The molecule has 0 saturated carbocycles. The molecule has 0 aliphatic heterocycles. The van der Waals surface area contributed by atoms with Crippen LogP contribution in [0.5, 0.6) is 0 Å². The van der Waals surface area contributed by atoms with E-state index in [-0.39, 0.29) is 28.0 Å². The molecule has 2 aromatic carbocycles. The van der Waals surface area contributed by atoms with E-state index in [0.717, 1.165) is 0 Å². The highest BCUT2D eigenvalue weighted by Crippen LogP contribution is 2.37. The highest BCUT2D eigenvalue weighted by molar-refractivity contribution is 6.42. The SMILES string of the molecule is Cl.NC(=O)C(O)(c1ccccc1)c1cccc(Cl)c1Cl. The Hall–Kier alpha value is -1.26. The lowest BCUT2D eigenvalue weighted by Crippen LogP contribution is -2.42. The van der Waals surface area contributed by atoms with Gasteiger partial charge in [-0.2, -0.15) is 0 Å². The lowest BCUT2D eigenvalue weighted by molar-refractivity contribution is -0.133. The Bertz CT molecular complexity index is 619. The molecule has 20 heavy (non-hydrogen) atoms. The van der Waals surface area contributed by atoms with Crippen LogP contribution in [0.3, 0.4) is 0 Å². The first-order valence-electron chi connectivity index (χ1n) is 5.50. The van der Waals surface area contributed by atoms with Crippen LogP contribution in [-0.2, 0) is 10.4 Å². The summed E-state index contributed by atoms with van der Waals surface area (Å²) in [6.07, 6.45) is 0. The summed E-state index contributed by atoms with van der Waals surface area (Å²) in [4.78, 5) is 11.8. The van der Waals surface area contributed by atoms with Crippen molar-refractivity contribution in [2.75, 3.05) is 0 Å². The molecule has 0 spiro atoms. The first-order chi connectivity index (χ1) is 8.98. The van der Waals surface area contributed by atoms with Crippen LogP contribution >= 0.6 is 35.6 Å². The zero-order chi connectivity index (χ0) is 14.0. The van der Waals surface area contributed by atoms with E-state index >= 15 is 0 Å². The Morgan fingerprint density at radius 3 is 2.20 bits per heavy atom. The van der Waals surface area contributed by atoms with Crippen molar-refractivity contribution in [1.29, 1.82) is 0 Å². The van der Waals surface area contributed by atoms with Crippen LogP contribution in [0.2, 0.25) is 10.0 Å². The predicted octanol–water partition coefficient (Wildman–Crippen LogP) is 3.14. The number of primary amides is 1. The number of carbonyl (C=O) groups excluding carboxylic acids is 1. The second kappa shape index (κ2) is 6.46. The quantitative estimate of drug-likeness (QED) is 0.907. The fourth-order valence-electron chi connectivity index (χ4n) is 1.89. The molecule has 1 atom stereocenters. The van der Waals surface area contributed by atoms with Crippen molar-refractivity contribution < 1.29 is 9.90 Å². The summed E-state index contributed by atoms with van der Waals surface area (Å²) in [5, 5.41) is 11.1. The van der Waals surface area contributed by atoms with Crippen molar-refractivity contribution in [3.63, 3.8) is 0 Å². The Kier molecular flexibility index (Phi) is 5.42. The summed E-state index contributed by atoms with van der Waals surface area (Å²) in [6, 6.07) is 13.0. The molecule has 0 bridgehead atoms. The van der Waals surface area contributed by atoms with Gasteiger partial charge in [-0.25, -0.2) is 0 Å². The van der Waals surface area contributed by atoms with Gasteiger partial charge in [-0.05, 0) is 11.6 Å². The fraction of sp³-hybridized carbons (Fsp3) is 0.0714. The van der Waals surface area contributed by atoms with Crippen molar-refractivity contribution in [3.05, 3.63) is 69.7 Å². The van der Waals surface area contributed by atoms with Crippen molar-refractivity contribution in [2.24, 2.45) is 5.73 Å². The van der Waals surface area contributed by atoms with Crippen LogP contribution in [0, 0.1) is 0 Å². The van der Waals surface area contributed by atoms with Crippen molar-refractivity contribution in [1.82, 2.24) is 0 Å². The summed E-state index contributed by atoms with van der Waals surface area (Å²) >= 11 is 12.0. The van der Waals surface area contributed by atoms with Crippen LogP contribution in [0.25, 0.3) is 0 Å². The van der Waals surface area contributed by atoms with Crippen molar-refractivity contribution in [2.45, 2.75) is 5.60 Å². The van der Waals surface area contributed by atoms with Crippen molar-refractivity contribution in [3.8, 4) is 0 Å². The van der Waals surface area contributed by atoms with E-state index in [9.17, 15) is 9.90 Å².